The second-order valence-electron chi connectivity index (χ2n) is 4.36. The summed E-state index contributed by atoms with van der Waals surface area (Å²) in [6.07, 6.45) is 6.16. The molecule has 15 heavy (non-hydrogen) atoms. The van der Waals surface area contributed by atoms with Crippen LogP contribution in [-0.2, 0) is 6.61 Å². The van der Waals surface area contributed by atoms with E-state index in [1.807, 2.05) is 6.07 Å². The van der Waals surface area contributed by atoms with Crippen LogP contribution in [0.15, 0.2) is 30.5 Å². The lowest BCUT2D eigenvalue weighted by Crippen LogP contribution is -2.15. The molecule has 0 aliphatic heterocycles. The van der Waals surface area contributed by atoms with E-state index in [-0.39, 0.29) is 6.61 Å². The highest BCUT2D eigenvalue weighted by Gasteiger charge is 2.20. The van der Waals surface area contributed by atoms with E-state index in [0.717, 1.165) is 5.56 Å². The molecule has 2 nitrogen and oxygen atoms in total. The molecule has 2 aromatic rings. The number of fused-ring (bicyclic) bond motifs is 1. The molecule has 0 atom stereocenters. The SMILES string of the molecule is OCc1ccc2c(ccn2C2CCC2)c1. The molecule has 0 bridgehead atoms. The van der Waals surface area contributed by atoms with E-state index < -0.39 is 0 Å². The lowest BCUT2D eigenvalue weighted by Gasteiger charge is -2.28. The summed E-state index contributed by atoms with van der Waals surface area (Å²) in [6.45, 7) is 0.130. The number of aromatic nitrogens is 1. The number of hydrogen-bond donors (Lipinski definition) is 1. The molecule has 1 saturated carbocycles. The molecule has 0 saturated heterocycles. The molecule has 1 aliphatic rings. The Morgan fingerprint density at radius 2 is 2.13 bits per heavy atom. The first-order valence-corrected chi connectivity index (χ1v) is 5.59. The number of aliphatic hydroxyl groups excluding tert-OH is 1. The quantitative estimate of drug-likeness (QED) is 0.794. The molecule has 1 heterocycles. The van der Waals surface area contributed by atoms with Gasteiger partial charge in [-0.1, -0.05) is 6.07 Å². The van der Waals surface area contributed by atoms with Gasteiger partial charge in [-0.05, 0) is 48.4 Å². The van der Waals surface area contributed by atoms with E-state index in [2.05, 4.69) is 29.0 Å². The molecule has 1 aromatic carbocycles. The van der Waals surface area contributed by atoms with Crippen molar-refractivity contribution in [2.45, 2.75) is 31.9 Å². The molecule has 0 unspecified atom stereocenters. The molecule has 1 aliphatic carbocycles. The summed E-state index contributed by atoms with van der Waals surface area (Å²) >= 11 is 0. The normalized spacial score (nSPS) is 16.9. The third kappa shape index (κ3) is 1.37. The van der Waals surface area contributed by atoms with E-state index in [4.69, 9.17) is 5.11 Å². The van der Waals surface area contributed by atoms with Gasteiger partial charge in [0, 0.05) is 17.8 Å². The molecule has 0 spiro atoms. The van der Waals surface area contributed by atoms with E-state index >= 15 is 0 Å². The van der Waals surface area contributed by atoms with E-state index in [1.165, 1.54) is 30.2 Å². The maximum atomic E-state index is 9.06. The lowest BCUT2D eigenvalue weighted by atomic mass is 9.93. The highest BCUT2D eigenvalue weighted by Crippen LogP contribution is 2.34. The van der Waals surface area contributed by atoms with Crippen LogP contribution in [0.5, 0.6) is 0 Å². The summed E-state index contributed by atoms with van der Waals surface area (Å²) in [5.74, 6) is 0. The van der Waals surface area contributed by atoms with Gasteiger partial charge in [0.1, 0.15) is 0 Å². The van der Waals surface area contributed by atoms with Crippen LogP contribution in [0.2, 0.25) is 0 Å². The molecule has 78 valence electrons. The topological polar surface area (TPSA) is 25.2 Å². The minimum absolute atomic E-state index is 0.130. The van der Waals surface area contributed by atoms with Crippen molar-refractivity contribution in [2.24, 2.45) is 0 Å². The van der Waals surface area contributed by atoms with Gasteiger partial charge in [0.05, 0.1) is 6.61 Å². The summed E-state index contributed by atoms with van der Waals surface area (Å²) in [6, 6.07) is 9.07. The first-order valence-electron chi connectivity index (χ1n) is 5.59. The van der Waals surface area contributed by atoms with E-state index in [1.54, 1.807) is 0 Å². The Morgan fingerprint density at radius 1 is 1.27 bits per heavy atom. The van der Waals surface area contributed by atoms with Gasteiger partial charge in [-0.2, -0.15) is 0 Å². The van der Waals surface area contributed by atoms with Crippen LogP contribution in [0.3, 0.4) is 0 Å². The largest absolute Gasteiger partial charge is 0.392 e. The zero-order valence-electron chi connectivity index (χ0n) is 8.69. The van der Waals surface area contributed by atoms with Gasteiger partial charge in [0.15, 0.2) is 0 Å². The second kappa shape index (κ2) is 3.38. The minimum atomic E-state index is 0.130. The van der Waals surface area contributed by atoms with Crippen LogP contribution < -0.4 is 0 Å². The second-order valence-corrected chi connectivity index (χ2v) is 4.36. The third-order valence-corrected chi connectivity index (χ3v) is 3.44. The molecule has 0 radical (unpaired) electrons. The fourth-order valence-electron chi connectivity index (χ4n) is 2.30. The van der Waals surface area contributed by atoms with Crippen LogP contribution in [0.25, 0.3) is 10.9 Å². The third-order valence-electron chi connectivity index (χ3n) is 3.44. The van der Waals surface area contributed by atoms with Crippen molar-refractivity contribution in [3.05, 3.63) is 36.0 Å². The molecular weight excluding hydrogens is 186 g/mol. The summed E-state index contributed by atoms with van der Waals surface area (Å²) in [7, 11) is 0. The van der Waals surface area contributed by atoms with E-state index in [9.17, 15) is 0 Å². The molecule has 1 aromatic heterocycles. The lowest BCUT2D eigenvalue weighted by molar-refractivity contribution is 0.282. The maximum Gasteiger partial charge on any atom is 0.0682 e. The fraction of sp³-hybridized carbons (Fsp3) is 0.385. The van der Waals surface area contributed by atoms with Gasteiger partial charge < -0.3 is 9.67 Å². The average molecular weight is 201 g/mol. The van der Waals surface area contributed by atoms with Gasteiger partial charge >= 0.3 is 0 Å². The zero-order chi connectivity index (χ0) is 10.3. The highest BCUT2D eigenvalue weighted by molar-refractivity contribution is 5.81. The van der Waals surface area contributed by atoms with Crippen molar-refractivity contribution in [3.63, 3.8) is 0 Å². The van der Waals surface area contributed by atoms with Crippen molar-refractivity contribution in [3.8, 4) is 0 Å². The number of benzene rings is 1. The Balaban J connectivity index is 2.09. The summed E-state index contributed by atoms with van der Waals surface area (Å²) in [5.41, 5.74) is 2.30. The van der Waals surface area contributed by atoms with Crippen LogP contribution in [0.1, 0.15) is 30.9 Å². The zero-order valence-corrected chi connectivity index (χ0v) is 8.69. The Hall–Kier alpha value is -1.28. The Labute approximate surface area is 89.1 Å². The molecule has 1 fully saturated rings. The van der Waals surface area contributed by atoms with Crippen LogP contribution in [-0.4, -0.2) is 9.67 Å². The van der Waals surface area contributed by atoms with Crippen molar-refractivity contribution in [2.75, 3.05) is 0 Å². The predicted molar refractivity (Wildman–Crippen MR) is 60.7 cm³/mol. The number of hydrogen-bond acceptors (Lipinski definition) is 1. The Bertz CT molecular complexity index is 482. The molecule has 2 heteroatoms. The van der Waals surface area contributed by atoms with Gasteiger partial charge in [0.25, 0.3) is 0 Å². The molecule has 0 amide bonds. The van der Waals surface area contributed by atoms with Crippen molar-refractivity contribution in [1.82, 2.24) is 4.57 Å². The summed E-state index contributed by atoms with van der Waals surface area (Å²) in [4.78, 5) is 0. The average Bonchev–Trinajstić information content (AvgIpc) is 2.59. The van der Waals surface area contributed by atoms with Crippen molar-refractivity contribution >= 4 is 10.9 Å². The first-order chi connectivity index (χ1) is 7.38. The standard InChI is InChI=1S/C13H15NO/c15-9-10-4-5-13-11(8-10)6-7-14(13)12-2-1-3-12/h4-8,12,15H,1-3,9H2. The number of rotatable bonds is 2. The monoisotopic (exact) mass is 201 g/mol. The number of nitrogens with zero attached hydrogens (tertiary/aromatic N) is 1. The number of aliphatic hydroxyl groups is 1. The Morgan fingerprint density at radius 3 is 2.80 bits per heavy atom. The van der Waals surface area contributed by atoms with Crippen LogP contribution in [0, 0.1) is 0 Å². The predicted octanol–water partition coefficient (Wildman–Crippen LogP) is 2.86. The van der Waals surface area contributed by atoms with Gasteiger partial charge in [-0.3, -0.25) is 0 Å². The summed E-state index contributed by atoms with van der Waals surface area (Å²) in [5, 5.41) is 10.3. The van der Waals surface area contributed by atoms with Crippen LogP contribution >= 0.6 is 0 Å². The smallest absolute Gasteiger partial charge is 0.0682 e. The van der Waals surface area contributed by atoms with Crippen molar-refractivity contribution < 1.29 is 5.11 Å². The van der Waals surface area contributed by atoms with Gasteiger partial charge in [-0.25, -0.2) is 0 Å². The fourth-order valence-corrected chi connectivity index (χ4v) is 2.30. The van der Waals surface area contributed by atoms with Gasteiger partial charge in [-0.15, -0.1) is 0 Å². The Kier molecular flexibility index (Phi) is 2.03. The highest BCUT2D eigenvalue weighted by atomic mass is 16.3. The first kappa shape index (κ1) is 8.98. The van der Waals surface area contributed by atoms with E-state index in [0.29, 0.717) is 6.04 Å². The molecular formula is C13H15NO. The molecule has 3 rings (SSSR count). The minimum Gasteiger partial charge on any atom is -0.392 e. The van der Waals surface area contributed by atoms with Gasteiger partial charge in [0.2, 0.25) is 0 Å². The molecule has 1 N–H and O–H groups in total. The van der Waals surface area contributed by atoms with Crippen LogP contribution in [0.4, 0.5) is 0 Å². The maximum absolute atomic E-state index is 9.06. The summed E-state index contributed by atoms with van der Waals surface area (Å²) < 4.78 is 2.37. The van der Waals surface area contributed by atoms with Crippen molar-refractivity contribution in [1.29, 1.82) is 0 Å².